The second-order valence-electron chi connectivity index (χ2n) is 6.89. The molecule has 3 heterocycles. The lowest BCUT2D eigenvalue weighted by Gasteiger charge is -2.15. The largest absolute Gasteiger partial charge is 0.471 e. The van der Waals surface area contributed by atoms with Crippen molar-refractivity contribution in [2.75, 3.05) is 25.6 Å². The first-order valence-electron chi connectivity index (χ1n) is 8.83. The highest BCUT2D eigenvalue weighted by Gasteiger charge is 2.41. The minimum atomic E-state index is -0.224. The number of likely N-dealkylation sites (N-methyl/N-ethyl adjacent to an activating group) is 1. The number of halogens is 3. The molecule has 6 nitrogen and oxygen atoms in total. The van der Waals surface area contributed by atoms with Crippen LogP contribution in [0.4, 0.5) is 5.95 Å². The molecule has 0 aliphatic carbocycles. The molecule has 0 amide bonds. The lowest BCUT2D eigenvalue weighted by atomic mass is 10.1. The Bertz CT molecular complexity index is 1140. The van der Waals surface area contributed by atoms with Crippen LogP contribution in [0.15, 0.2) is 41.3 Å². The molecule has 1 atom stereocenters. The monoisotopic (exact) mass is 451 g/mol. The molecule has 29 heavy (non-hydrogen) atoms. The SMILES string of the molecule is COc1c(-c2cc(Cl)cc(Cl)c2)c(=O)n2c([n+]1C)N(C)CC2c1ccc(Cl)nc1. The van der Waals surface area contributed by atoms with Gasteiger partial charge in [-0.3, -0.25) is 4.90 Å². The molecule has 1 aliphatic heterocycles. The molecular weight excluding hydrogens is 435 g/mol. The van der Waals surface area contributed by atoms with Crippen LogP contribution in [0.3, 0.4) is 0 Å². The Morgan fingerprint density at radius 1 is 1.17 bits per heavy atom. The normalized spacial score (nSPS) is 15.5. The van der Waals surface area contributed by atoms with Gasteiger partial charge >= 0.3 is 11.5 Å². The van der Waals surface area contributed by atoms with E-state index >= 15 is 0 Å². The second-order valence-corrected chi connectivity index (χ2v) is 8.15. The van der Waals surface area contributed by atoms with Gasteiger partial charge in [-0.05, 0) is 29.8 Å². The number of methoxy groups -OCH3 is 1. The number of aromatic nitrogens is 3. The standard InChI is InChI=1S/C20H18Cl3N4O2/c1-25-10-15(11-4-5-16(23)24-9-11)27-18(28)17(19(29-3)26(2)20(25)27)12-6-13(21)8-14(22)7-12/h4-9,15H,10H2,1-3H3/q+1. The van der Waals surface area contributed by atoms with E-state index in [-0.39, 0.29) is 11.6 Å². The van der Waals surface area contributed by atoms with Gasteiger partial charge in [0.15, 0.2) is 0 Å². The van der Waals surface area contributed by atoms with E-state index in [1.807, 2.05) is 29.6 Å². The topological polar surface area (TPSA) is 51.2 Å². The van der Waals surface area contributed by atoms with Gasteiger partial charge in [0.25, 0.3) is 5.88 Å². The Hall–Kier alpha value is -2.28. The average molecular weight is 453 g/mol. The van der Waals surface area contributed by atoms with Gasteiger partial charge in [0.05, 0.1) is 21.2 Å². The van der Waals surface area contributed by atoms with Crippen LogP contribution < -0.4 is 19.8 Å². The van der Waals surface area contributed by atoms with Crippen molar-refractivity contribution in [2.45, 2.75) is 6.04 Å². The maximum Gasteiger partial charge on any atom is 0.365 e. The minimum Gasteiger partial charge on any atom is -0.471 e. The number of hydrogen-bond acceptors (Lipinski definition) is 4. The predicted molar refractivity (Wildman–Crippen MR) is 115 cm³/mol. The second kappa shape index (κ2) is 7.52. The first kappa shape index (κ1) is 20.0. The summed E-state index contributed by atoms with van der Waals surface area (Å²) in [7, 11) is 5.33. The molecule has 0 saturated heterocycles. The Morgan fingerprint density at radius 3 is 2.45 bits per heavy atom. The van der Waals surface area contributed by atoms with Gasteiger partial charge in [0.2, 0.25) is 0 Å². The zero-order chi connectivity index (χ0) is 20.9. The maximum atomic E-state index is 13.7. The fourth-order valence-corrected chi connectivity index (χ4v) is 4.53. The lowest BCUT2D eigenvalue weighted by molar-refractivity contribution is -0.666. The molecule has 0 saturated carbocycles. The summed E-state index contributed by atoms with van der Waals surface area (Å²) in [6.45, 7) is 0.606. The van der Waals surface area contributed by atoms with E-state index in [0.29, 0.717) is 38.8 Å². The maximum absolute atomic E-state index is 13.7. The molecule has 0 radical (unpaired) electrons. The summed E-state index contributed by atoms with van der Waals surface area (Å²) in [5.74, 6) is 1.16. The lowest BCUT2D eigenvalue weighted by Crippen LogP contribution is -2.43. The van der Waals surface area contributed by atoms with E-state index in [1.54, 1.807) is 35.0 Å². The highest BCUT2D eigenvalue weighted by atomic mass is 35.5. The molecule has 3 aromatic rings. The molecular formula is C20H18Cl3N4O2+. The fraction of sp³-hybridized carbons (Fsp3) is 0.250. The van der Waals surface area contributed by atoms with Gasteiger partial charge in [0.1, 0.15) is 23.3 Å². The molecule has 150 valence electrons. The first-order valence-corrected chi connectivity index (χ1v) is 9.96. The number of benzene rings is 1. The number of pyridine rings is 1. The summed E-state index contributed by atoms with van der Waals surface area (Å²) < 4.78 is 9.23. The number of rotatable bonds is 3. The van der Waals surface area contributed by atoms with Crippen molar-refractivity contribution in [2.24, 2.45) is 7.05 Å². The summed E-state index contributed by atoms with van der Waals surface area (Å²) in [6, 6.07) is 8.42. The minimum absolute atomic E-state index is 0.197. The van der Waals surface area contributed by atoms with Crippen LogP contribution in [0, 0.1) is 0 Å². The third-order valence-corrected chi connectivity index (χ3v) is 5.71. The third-order valence-electron chi connectivity index (χ3n) is 5.05. The highest BCUT2D eigenvalue weighted by Crippen LogP contribution is 2.34. The van der Waals surface area contributed by atoms with Crippen molar-refractivity contribution < 1.29 is 9.30 Å². The van der Waals surface area contributed by atoms with Gasteiger partial charge in [0, 0.05) is 21.8 Å². The van der Waals surface area contributed by atoms with Crippen LogP contribution in [0.5, 0.6) is 5.88 Å². The quantitative estimate of drug-likeness (QED) is 0.449. The van der Waals surface area contributed by atoms with Crippen LogP contribution in [0.2, 0.25) is 15.2 Å². The number of ether oxygens (including phenoxy) is 1. The van der Waals surface area contributed by atoms with Crippen molar-refractivity contribution in [1.82, 2.24) is 9.55 Å². The van der Waals surface area contributed by atoms with Crippen molar-refractivity contribution in [3.05, 3.63) is 67.6 Å². The highest BCUT2D eigenvalue weighted by molar-refractivity contribution is 6.35. The molecule has 0 N–H and O–H groups in total. The zero-order valence-corrected chi connectivity index (χ0v) is 18.3. The summed E-state index contributed by atoms with van der Waals surface area (Å²) >= 11 is 18.3. The van der Waals surface area contributed by atoms with Crippen LogP contribution in [-0.2, 0) is 7.05 Å². The van der Waals surface area contributed by atoms with E-state index in [9.17, 15) is 4.79 Å². The van der Waals surface area contributed by atoms with Crippen LogP contribution >= 0.6 is 34.8 Å². The molecule has 0 bridgehead atoms. The van der Waals surface area contributed by atoms with Gasteiger partial charge in [-0.15, -0.1) is 0 Å². The molecule has 2 aromatic heterocycles. The zero-order valence-electron chi connectivity index (χ0n) is 16.0. The third kappa shape index (κ3) is 3.35. The first-order chi connectivity index (χ1) is 13.8. The summed E-state index contributed by atoms with van der Waals surface area (Å²) in [6.07, 6.45) is 1.70. The van der Waals surface area contributed by atoms with E-state index in [1.165, 1.54) is 7.11 Å². The van der Waals surface area contributed by atoms with E-state index in [0.717, 1.165) is 11.5 Å². The fourth-order valence-electron chi connectivity index (χ4n) is 3.89. The van der Waals surface area contributed by atoms with Gasteiger partial charge in [-0.2, -0.15) is 4.57 Å². The number of fused-ring (bicyclic) bond motifs is 1. The van der Waals surface area contributed by atoms with Crippen molar-refractivity contribution in [3.8, 4) is 17.0 Å². The van der Waals surface area contributed by atoms with E-state index < -0.39 is 0 Å². The van der Waals surface area contributed by atoms with E-state index in [2.05, 4.69) is 4.98 Å². The summed E-state index contributed by atoms with van der Waals surface area (Å²) in [4.78, 5) is 19.9. The molecule has 0 spiro atoms. The summed E-state index contributed by atoms with van der Waals surface area (Å²) in [5.41, 5.74) is 1.68. The smallest absolute Gasteiger partial charge is 0.365 e. The Kier molecular flexibility index (Phi) is 5.19. The predicted octanol–water partition coefficient (Wildman–Crippen LogP) is 3.74. The van der Waals surface area contributed by atoms with Crippen LogP contribution in [-0.4, -0.2) is 30.3 Å². The molecule has 1 aromatic carbocycles. The molecule has 9 heteroatoms. The Balaban J connectivity index is 2.02. The average Bonchev–Trinajstić information content (AvgIpc) is 3.02. The van der Waals surface area contributed by atoms with Crippen LogP contribution in [0.1, 0.15) is 11.6 Å². The molecule has 4 rings (SSSR count). The van der Waals surface area contributed by atoms with Crippen molar-refractivity contribution in [1.29, 1.82) is 0 Å². The molecule has 0 fully saturated rings. The van der Waals surface area contributed by atoms with E-state index in [4.69, 9.17) is 39.5 Å². The number of anilines is 1. The van der Waals surface area contributed by atoms with Crippen molar-refractivity contribution in [3.63, 3.8) is 0 Å². The summed E-state index contributed by atoms with van der Waals surface area (Å²) in [5, 5.41) is 1.29. The van der Waals surface area contributed by atoms with Gasteiger partial charge < -0.3 is 4.74 Å². The van der Waals surface area contributed by atoms with Crippen molar-refractivity contribution >= 4 is 40.8 Å². The molecule has 1 unspecified atom stereocenters. The van der Waals surface area contributed by atoms with Crippen LogP contribution in [0.25, 0.3) is 11.1 Å². The number of nitrogens with zero attached hydrogens (tertiary/aromatic N) is 4. The van der Waals surface area contributed by atoms with Gasteiger partial charge in [-0.1, -0.05) is 40.9 Å². The molecule has 1 aliphatic rings. The Morgan fingerprint density at radius 2 is 1.86 bits per heavy atom. The van der Waals surface area contributed by atoms with Gasteiger partial charge in [-0.25, -0.2) is 14.3 Å². The number of hydrogen-bond donors (Lipinski definition) is 0. The Labute approximate surface area is 182 Å².